The predicted octanol–water partition coefficient (Wildman–Crippen LogP) is 1.27. The molecule has 2 aliphatic heterocycles. The molecule has 9 nitrogen and oxygen atoms in total. The van der Waals surface area contributed by atoms with E-state index in [1.807, 2.05) is 18.2 Å². The van der Waals surface area contributed by atoms with Gasteiger partial charge in [-0.15, -0.1) is 0 Å². The molecule has 1 saturated heterocycles. The molecule has 4 N–H and O–H groups in total. The van der Waals surface area contributed by atoms with Gasteiger partial charge >= 0.3 is 6.09 Å². The first-order chi connectivity index (χ1) is 14.7. The summed E-state index contributed by atoms with van der Waals surface area (Å²) in [6, 6.07) is 5.56. The van der Waals surface area contributed by atoms with E-state index < -0.39 is 17.8 Å². The third kappa shape index (κ3) is 7.37. The maximum absolute atomic E-state index is 11.8. The summed E-state index contributed by atoms with van der Waals surface area (Å²) in [5.74, 6) is 0.706. The van der Waals surface area contributed by atoms with E-state index in [2.05, 4.69) is 15.5 Å². The van der Waals surface area contributed by atoms with E-state index in [9.17, 15) is 19.8 Å². The summed E-state index contributed by atoms with van der Waals surface area (Å²) < 4.78 is 10.9. The third-order valence-corrected chi connectivity index (χ3v) is 5.38. The number of hydrogen-bond acceptors (Lipinski definition) is 7. The van der Waals surface area contributed by atoms with Crippen molar-refractivity contribution >= 4 is 17.7 Å². The van der Waals surface area contributed by atoms with Gasteiger partial charge in [0.25, 0.3) is 0 Å². The molecule has 0 bridgehead atoms. The Hall–Kier alpha value is -2.36. The standard InChI is InChI=1S/C22H33N3O6/c1-22(2,29)14-31-21(28)23-15-8-10-25(11-9-15)12-16(26)13-30-19-5-3-4-18-17(19)6-7-20(27)24-18/h3-5,15-16,26,29H,6-14H2,1-2H3,(H,23,28)(H,24,27). The summed E-state index contributed by atoms with van der Waals surface area (Å²) in [6.07, 6.45) is 1.43. The Morgan fingerprint density at radius 3 is 2.77 bits per heavy atom. The van der Waals surface area contributed by atoms with Gasteiger partial charge in [0, 0.05) is 43.3 Å². The number of rotatable bonds is 8. The molecule has 2 amide bonds. The van der Waals surface area contributed by atoms with Crippen LogP contribution in [0.5, 0.6) is 5.75 Å². The van der Waals surface area contributed by atoms with Gasteiger partial charge in [-0.05, 0) is 45.2 Å². The number of benzene rings is 1. The van der Waals surface area contributed by atoms with Crippen LogP contribution in [0.2, 0.25) is 0 Å². The molecule has 9 heteroatoms. The van der Waals surface area contributed by atoms with E-state index >= 15 is 0 Å². The lowest BCUT2D eigenvalue weighted by Gasteiger charge is -2.33. The molecule has 1 fully saturated rings. The van der Waals surface area contributed by atoms with Gasteiger partial charge < -0.3 is 35.2 Å². The van der Waals surface area contributed by atoms with Crippen LogP contribution in [0.25, 0.3) is 0 Å². The fraction of sp³-hybridized carbons (Fsp3) is 0.636. The first kappa shape index (κ1) is 23.3. The predicted molar refractivity (Wildman–Crippen MR) is 115 cm³/mol. The normalized spacial score (nSPS) is 18.6. The number of aliphatic hydroxyl groups excluding tert-OH is 1. The van der Waals surface area contributed by atoms with Crippen LogP contribution < -0.4 is 15.4 Å². The highest BCUT2D eigenvalue weighted by Gasteiger charge is 2.24. The summed E-state index contributed by atoms with van der Waals surface area (Å²) in [5, 5.41) is 25.7. The molecule has 2 aliphatic rings. The fourth-order valence-electron chi connectivity index (χ4n) is 3.77. The molecule has 0 spiro atoms. The number of nitrogens with one attached hydrogen (secondary N) is 2. The molecule has 172 valence electrons. The second-order valence-electron chi connectivity index (χ2n) is 8.90. The Balaban J connectivity index is 1.37. The van der Waals surface area contributed by atoms with Gasteiger partial charge in [-0.1, -0.05) is 6.07 Å². The monoisotopic (exact) mass is 435 g/mol. The second-order valence-corrected chi connectivity index (χ2v) is 8.90. The third-order valence-electron chi connectivity index (χ3n) is 5.38. The summed E-state index contributed by atoms with van der Waals surface area (Å²) >= 11 is 0. The topological polar surface area (TPSA) is 120 Å². The largest absolute Gasteiger partial charge is 0.490 e. The quantitative estimate of drug-likeness (QED) is 0.485. The minimum absolute atomic E-state index is 0.00748. The molecule has 0 aromatic heterocycles. The minimum atomic E-state index is -1.05. The second kappa shape index (κ2) is 10.3. The molecule has 1 aromatic rings. The van der Waals surface area contributed by atoms with Gasteiger partial charge in [0.05, 0.1) is 5.60 Å². The molecular weight excluding hydrogens is 402 g/mol. The van der Waals surface area contributed by atoms with E-state index in [1.165, 1.54) is 0 Å². The van der Waals surface area contributed by atoms with Crippen LogP contribution in [0.4, 0.5) is 10.5 Å². The number of piperidine rings is 1. The molecule has 31 heavy (non-hydrogen) atoms. The number of amides is 2. The number of ether oxygens (including phenoxy) is 2. The lowest BCUT2D eigenvalue weighted by Crippen LogP contribution is -2.47. The Labute approximate surface area is 182 Å². The Bertz CT molecular complexity index is 771. The number of fused-ring (bicyclic) bond motifs is 1. The zero-order valence-electron chi connectivity index (χ0n) is 18.2. The highest BCUT2D eigenvalue weighted by molar-refractivity contribution is 5.94. The summed E-state index contributed by atoms with van der Waals surface area (Å²) in [6.45, 7) is 5.27. The van der Waals surface area contributed by atoms with Gasteiger partial charge in [-0.2, -0.15) is 0 Å². The smallest absolute Gasteiger partial charge is 0.407 e. The first-order valence-electron chi connectivity index (χ1n) is 10.8. The molecule has 1 aromatic carbocycles. The lowest BCUT2D eigenvalue weighted by molar-refractivity contribution is -0.116. The van der Waals surface area contributed by atoms with E-state index in [1.54, 1.807) is 13.8 Å². The van der Waals surface area contributed by atoms with Gasteiger partial charge in [0.2, 0.25) is 5.91 Å². The molecule has 1 atom stereocenters. The SMILES string of the molecule is CC(C)(O)COC(=O)NC1CCN(CC(O)COc2cccc3c2CCC(=O)N3)CC1. The van der Waals surface area contributed by atoms with Crippen LogP contribution >= 0.6 is 0 Å². The zero-order valence-corrected chi connectivity index (χ0v) is 18.2. The Morgan fingerprint density at radius 2 is 2.06 bits per heavy atom. The fourth-order valence-corrected chi connectivity index (χ4v) is 3.77. The van der Waals surface area contributed by atoms with Crippen LogP contribution in [0.3, 0.4) is 0 Å². The van der Waals surface area contributed by atoms with Crippen LogP contribution in [0, 0.1) is 0 Å². The van der Waals surface area contributed by atoms with Crippen molar-refractivity contribution in [2.24, 2.45) is 0 Å². The van der Waals surface area contributed by atoms with Gasteiger partial charge in [0.15, 0.2) is 0 Å². The molecule has 0 aliphatic carbocycles. The van der Waals surface area contributed by atoms with Gasteiger partial charge in [-0.25, -0.2) is 4.79 Å². The summed E-state index contributed by atoms with van der Waals surface area (Å²) in [5.41, 5.74) is 0.697. The van der Waals surface area contributed by atoms with Crippen LogP contribution in [0.15, 0.2) is 18.2 Å². The number of aliphatic hydroxyl groups is 2. The van der Waals surface area contributed by atoms with Gasteiger partial charge in [-0.3, -0.25) is 4.79 Å². The number of alkyl carbamates (subject to hydrolysis) is 1. The molecule has 0 radical (unpaired) electrons. The minimum Gasteiger partial charge on any atom is -0.490 e. The number of anilines is 1. The maximum Gasteiger partial charge on any atom is 0.407 e. The van der Waals surface area contributed by atoms with E-state index in [4.69, 9.17) is 9.47 Å². The highest BCUT2D eigenvalue weighted by atomic mass is 16.6. The average Bonchev–Trinajstić information content (AvgIpc) is 2.71. The highest BCUT2D eigenvalue weighted by Crippen LogP contribution is 2.31. The first-order valence-corrected chi connectivity index (χ1v) is 10.8. The average molecular weight is 436 g/mol. The summed E-state index contributed by atoms with van der Waals surface area (Å²) in [4.78, 5) is 25.5. The maximum atomic E-state index is 11.8. The molecule has 1 unspecified atom stereocenters. The number of β-amino-alcohol motifs (C(OH)–C–C–N with tert-alkyl or cyclic N) is 1. The van der Waals surface area contributed by atoms with Crippen molar-refractivity contribution in [3.05, 3.63) is 23.8 Å². The number of carbonyl (C=O) groups is 2. The van der Waals surface area contributed by atoms with Crippen molar-refractivity contribution in [2.75, 3.05) is 38.2 Å². The Kier molecular flexibility index (Phi) is 7.74. The van der Waals surface area contributed by atoms with E-state index in [0.717, 1.165) is 37.2 Å². The van der Waals surface area contributed by atoms with Crippen molar-refractivity contribution < 1.29 is 29.3 Å². The summed E-state index contributed by atoms with van der Waals surface area (Å²) in [7, 11) is 0. The number of carbonyl (C=O) groups excluding carboxylic acids is 2. The van der Waals surface area contributed by atoms with Crippen molar-refractivity contribution in [2.45, 2.75) is 57.3 Å². The lowest BCUT2D eigenvalue weighted by atomic mass is 10.0. The number of nitrogens with zero attached hydrogens (tertiary/aromatic N) is 1. The van der Waals surface area contributed by atoms with Crippen LogP contribution in [-0.2, 0) is 16.0 Å². The van der Waals surface area contributed by atoms with Crippen molar-refractivity contribution in [1.82, 2.24) is 10.2 Å². The zero-order chi connectivity index (χ0) is 22.4. The van der Waals surface area contributed by atoms with E-state index in [0.29, 0.717) is 25.1 Å². The number of likely N-dealkylation sites (tertiary alicyclic amines) is 1. The van der Waals surface area contributed by atoms with Crippen molar-refractivity contribution in [1.29, 1.82) is 0 Å². The number of hydrogen-bond donors (Lipinski definition) is 4. The van der Waals surface area contributed by atoms with Crippen LogP contribution in [0.1, 0.15) is 38.7 Å². The van der Waals surface area contributed by atoms with E-state index in [-0.39, 0.29) is 25.2 Å². The molecule has 2 heterocycles. The van der Waals surface area contributed by atoms with Crippen LogP contribution in [-0.4, -0.2) is 77.7 Å². The van der Waals surface area contributed by atoms with Gasteiger partial charge in [0.1, 0.15) is 25.1 Å². The molecule has 3 rings (SSSR count). The Morgan fingerprint density at radius 1 is 1.32 bits per heavy atom. The molecule has 0 saturated carbocycles. The van der Waals surface area contributed by atoms with Crippen molar-refractivity contribution in [3.8, 4) is 5.75 Å². The molecular formula is C22H33N3O6. The van der Waals surface area contributed by atoms with Crippen molar-refractivity contribution in [3.63, 3.8) is 0 Å².